The molecule has 0 spiro atoms. The maximum Gasteiger partial charge on any atom is 0.0477 e. The molecule has 0 aromatic heterocycles. The summed E-state index contributed by atoms with van der Waals surface area (Å²) in [6, 6.07) is 8.70. The Kier molecular flexibility index (Phi) is 8.26. The van der Waals surface area contributed by atoms with Crippen molar-refractivity contribution in [3.05, 3.63) is 29.8 Å². The summed E-state index contributed by atoms with van der Waals surface area (Å²) in [5.41, 5.74) is 2.64. The quantitative estimate of drug-likeness (QED) is 0.658. The molecule has 0 unspecified atom stereocenters. The maximum absolute atomic E-state index is 5.31. The molecule has 108 valence electrons. The first-order chi connectivity index (χ1) is 9.27. The van der Waals surface area contributed by atoms with Crippen LogP contribution in [0.25, 0.3) is 0 Å². The number of hydrogen-bond acceptors (Lipinski definition) is 3. The molecule has 0 saturated carbocycles. The number of hydrogen-bond donors (Lipinski definition) is 1. The van der Waals surface area contributed by atoms with E-state index in [1.807, 2.05) is 6.92 Å². The lowest BCUT2D eigenvalue weighted by Gasteiger charge is -2.23. The number of anilines is 1. The standard InChI is InChI=1S/C16H28N2O/c1-4-18(16-9-6-8-15(3)14-16)12-11-17-10-7-13-19-5-2/h6,8-9,14,17H,4-5,7,10-13H2,1-3H3. The zero-order valence-corrected chi connectivity index (χ0v) is 12.6. The minimum atomic E-state index is 0.816. The van der Waals surface area contributed by atoms with Gasteiger partial charge in [0.25, 0.3) is 0 Å². The molecule has 3 nitrogen and oxygen atoms in total. The van der Waals surface area contributed by atoms with Gasteiger partial charge in [0.15, 0.2) is 0 Å². The van der Waals surface area contributed by atoms with Crippen LogP contribution < -0.4 is 10.2 Å². The Hall–Kier alpha value is -1.06. The van der Waals surface area contributed by atoms with Crippen LogP contribution in [0.3, 0.4) is 0 Å². The van der Waals surface area contributed by atoms with Gasteiger partial charge in [-0.1, -0.05) is 12.1 Å². The van der Waals surface area contributed by atoms with E-state index in [2.05, 4.69) is 48.3 Å². The number of rotatable bonds is 10. The Bertz CT molecular complexity index is 341. The van der Waals surface area contributed by atoms with Gasteiger partial charge in [-0.3, -0.25) is 0 Å². The SMILES string of the molecule is CCOCCCNCCN(CC)c1cccc(C)c1. The van der Waals surface area contributed by atoms with Gasteiger partial charge in [-0.15, -0.1) is 0 Å². The molecule has 1 aromatic carbocycles. The third-order valence-electron chi connectivity index (χ3n) is 3.15. The predicted octanol–water partition coefficient (Wildman–Crippen LogP) is 2.84. The summed E-state index contributed by atoms with van der Waals surface area (Å²) in [6.07, 6.45) is 1.09. The highest BCUT2D eigenvalue weighted by atomic mass is 16.5. The molecular weight excluding hydrogens is 236 g/mol. The van der Waals surface area contributed by atoms with Gasteiger partial charge < -0.3 is 15.0 Å². The van der Waals surface area contributed by atoms with Crippen molar-refractivity contribution in [1.82, 2.24) is 5.32 Å². The molecule has 0 bridgehead atoms. The second-order valence-electron chi connectivity index (χ2n) is 4.72. The van der Waals surface area contributed by atoms with Gasteiger partial charge >= 0.3 is 0 Å². The fourth-order valence-corrected chi connectivity index (χ4v) is 2.08. The third-order valence-corrected chi connectivity index (χ3v) is 3.15. The van der Waals surface area contributed by atoms with Crippen molar-refractivity contribution in [2.24, 2.45) is 0 Å². The highest BCUT2D eigenvalue weighted by Crippen LogP contribution is 2.14. The lowest BCUT2D eigenvalue weighted by molar-refractivity contribution is 0.145. The lowest BCUT2D eigenvalue weighted by atomic mass is 10.2. The van der Waals surface area contributed by atoms with Gasteiger partial charge in [0, 0.05) is 38.5 Å². The Balaban J connectivity index is 2.22. The summed E-state index contributed by atoms with van der Waals surface area (Å²) >= 11 is 0. The molecule has 3 heteroatoms. The molecule has 19 heavy (non-hydrogen) atoms. The van der Waals surface area contributed by atoms with E-state index in [0.717, 1.165) is 45.8 Å². The van der Waals surface area contributed by atoms with Gasteiger partial charge in [0.2, 0.25) is 0 Å². The maximum atomic E-state index is 5.31. The summed E-state index contributed by atoms with van der Waals surface area (Å²) in [5, 5.41) is 3.47. The monoisotopic (exact) mass is 264 g/mol. The number of aryl methyl sites for hydroxylation is 1. The van der Waals surface area contributed by atoms with Crippen molar-refractivity contribution in [3.63, 3.8) is 0 Å². The van der Waals surface area contributed by atoms with Gasteiger partial charge in [-0.05, 0) is 51.4 Å². The minimum absolute atomic E-state index is 0.816. The van der Waals surface area contributed by atoms with Crippen molar-refractivity contribution in [2.45, 2.75) is 27.2 Å². The Morgan fingerprint density at radius 3 is 2.74 bits per heavy atom. The van der Waals surface area contributed by atoms with E-state index >= 15 is 0 Å². The number of nitrogens with zero attached hydrogens (tertiary/aromatic N) is 1. The molecule has 0 atom stereocenters. The van der Waals surface area contributed by atoms with E-state index in [1.54, 1.807) is 0 Å². The van der Waals surface area contributed by atoms with Gasteiger partial charge in [0.1, 0.15) is 0 Å². The van der Waals surface area contributed by atoms with Crippen LogP contribution in [0.1, 0.15) is 25.8 Å². The zero-order chi connectivity index (χ0) is 13.9. The smallest absolute Gasteiger partial charge is 0.0477 e. The minimum Gasteiger partial charge on any atom is -0.382 e. The molecule has 1 rings (SSSR count). The summed E-state index contributed by atoms with van der Waals surface area (Å²) in [4.78, 5) is 2.41. The number of nitrogens with one attached hydrogen (secondary N) is 1. The van der Waals surface area contributed by atoms with Crippen LogP contribution >= 0.6 is 0 Å². The van der Waals surface area contributed by atoms with Crippen molar-refractivity contribution in [1.29, 1.82) is 0 Å². The largest absolute Gasteiger partial charge is 0.382 e. The first-order valence-corrected chi connectivity index (χ1v) is 7.38. The first-order valence-electron chi connectivity index (χ1n) is 7.38. The predicted molar refractivity (Wildman–Crippen MR) is 83.0 cm³/mol. The van der Waals surface area contributed by atoms with Crippen LogP contribution in [-0.4, -0.2) is 39.4 Å². The average molecular weight is 264 g/mol. The zero-order valence-electron chi connectivity index (χ0n) is 12.6. The van der Waals surface area contributed by atoms with E-state index in [9.17, 15) is 0 Å². The first kappa shape index (κ1) is 16.0. The summed E-state index contributed by atoms with van der Waals surface area (Å²) in [5.74, 6) is 0. The molecule has 0 heterocycles. The fourth-order valence-electron chi connectivity index (χ4n) is 2.08. The van der Waals surface area contributed by atoms with E-state index in [0.29, 0.717) is 0 Å². The van der Waals surface area contributed by atoms with Gasteiger partial charge in [0.05, 0.1) is 0 Å². The number of likely N-dealkylation sites (N-methyl/N-ethyl adjacent to an activating group) is 1. The van der Waals surface area contributed by atoms with E-state index < -0.39 is 0 Å². The molecule has 0 saturated heterocycles. The van der Waals surface area contributed by atoms with Crippen molar-refractivity contribution < 1.29 is 4.74 Å². The normalized spacial score (nSPS) is 10.7. The Morgan fingerprint density at radius 1 is 1.21 bits per heavy atom. The summed E-state index contributed by atoms with van der Waals surface area (Å²) in [7, 11) is 0. The molecule has 0 amide bonds. The molecule has 0 fully saturated rings. The molecule has 0 radical (unpaired) electrons. The number of ether oxygens (including phenoxy) is 1. The second kappa shape index (κ2) is 9.82. The van der Waals surface area contributed by atoms with E-state index in [4.69, 9.17) is 4.74 Å². The highest BCUT2D eigenvalue weighted by Gasteiger charge is 2.03. The average Bonchev–Trinajstić information content (AvgIpc) is 2.42. The van der Waals surface area contributed by atoms with Gasteiger partial charge in [-0.2, -0.15) is 0 Å². The van der Waals surface area contributed by atoms with E-state index in [1.165, 1.54) is 11.3 Å². The van der Waals surface area contributed by atoms with Crippen molar-refractivity contribution >= 4 is 5.69 Å². The van der Waals surface area contributed by atoms with Crippen LogP contribution in [0.5, 0.6) is 0 Å². The third kappa shape index (κ3) is 6.60. The van der Waals surface area contributed by atoms with Crippen LogP contribution in [0, 0.1) is 6.92 Å². The lowest BCUT2D eigenvalue weighted by Crippen LogP contribution is -2.32. The Labute approximate surface area is 118 Å². The molecular formula is C16H28N2O. The van der Waals surface area contributed by atoms with Gasteiger partial charge in [-0.25, -0.2) is 0 Å². The molecule has 0 aliphatic carbocycles. The molecule has 1 aromatic rings. The summed E-state index contributed by atoms with van der Waals surface area (Å²) in [6.45, 7) is 12.2. The topological polar surface area (TPSA) is 24.5 Å². The van der Waals surface area contributed by atoms with Crippen molar-refractivity contribution in [2.75, 3.05) is 44.3 Å². The molecule has 0 aliphatic heterocycles. The Morgan fingerprint density at radius 2 is 2.05 bits per heavy atom. The highest BCUT2D eigenvalue weighted by molar-refractivity contribution is 5.48. The van der Waals surface area contributed by atoms with E-state index in [-0.39, 0.29) is 0 Å². The van der Waals surface area contributed by atoms with Crippen LogP contribution in [0.2, 0.25) is 0 Å². The summed E-state index contributed by atoms with van der Waals surface area (Å²) < 4.78 is 5.31. The van der Waals surface area contributed by atoms with Crippen molar-refractivity contribution in [3.8, 4) is 0 Å². The van der Waals surface area contributed by atoms with Crippen LogP contribution in [0.15, 0.2) is 24.3 Å². The van der Waals surface area contributed by atoms with Crippen LogP contribution in [-0.2, 0) is 4.74 Å². The molecule has 0 aliphatic rings. The number of benzene rings is 1. The van der Waals surface area contributed by atoms with Crippen LogP contribution in [0.4, 0.5) is 5.69 Å². The fraction of sp³-hybridized carbons (Fsp3) is 0.625. The molecule has 1 N–H and O–H groups in total. The second-order valence-corrected chi connectivity index (χ2v) is 4.72.